The third-order valence-electron chi connectivity index (χ3n) is 11.9. The van der Waals surface area contributed by atoms with Crippen LogP contribution in [-0.4, -0.2) is 78.6 Å². The van der Waals surface area contributed by atoms with Crippen molar-refractivity contribution in [2.45, 2.75) is 126 Å². The fourth-order valence-corrected chi connectivity index (χ4v) is 9.09. The molecule has 276 valence electrons. The second kappa shape index (κ2) is 13.7. The van der Waals surface area contributed by atoms with E-state index in [0.29, 0.717) is 48.6 Å². The molecule has 13 heteroatoms. The van der Waals surface area contributed by atoms with Crippen molar-refractivity contribution in [1.82, 2.24) is 14.6 Å². The van der Waals surface area contributed by atoms with Crippen LogP contribution in [0.5, 0.6) is 17.4 Å². The Morgan fingerprint density at radius 1 is 1.04 bits per heavy atom. The van der Waals surface area contributed by atoms with Crippen LogP contribution in [-0.2, 0) is 24.4 Å². The Hall–Kier alpha value is -3.71. The van der Waals surface area contributed by atoms with Crippen molar-refractivity contribution in [3.05, 3.63) is 35.9 Å². The molecule has 1 aromatic carbocycles. The van der Waals surface area contributed by atoms with Gasteiger partial charge in [-0.3, -0.25) is 19.1 Å². The zero-order valence-corrected chi connectivity index (χ0v) is 30.6. The standard InChI is InChI=1S/C38H50N4O8S/c1-23-31(48-3)15-14-27-32(19-33(40-34(23)27)50-25-11-9-12-25)49-26-18-29-30(43)21-38(36(45)41-51(46,47)37(2)16-17-37)20-24(38)10-7-5-4-6-8-13-28(39)35(44)42(29)22-26/h7,10,14-15,19,24-26,28-29H,4-6,8-9,11-13,16-18,20-22,39H2,1-3H3,(H,41,45)/b10-7-/t24-,26+,28-,29-,38+/m0/s1. The number of aromatic nitrogens is 1. The van der Waals surface area contributed by atoms with E-state index in [2.05, 4.69) is 4.72 Å². The number of rotatable bonds is 8. The van der Waals surface area contributed by atoms with E-state index in [-0.39, 0.29) is 43.1 Å². The molecule has 0 bridgehead atoms. The normalized spacial score (nSPS) is 30.2. The van der Waals surface area contributed by atoms with Crippen LogP contribution in [0.15, 0.2) is 30.4 Å². The molecule has 0 unspecified atom stereocenters. The highest BCUT2D eigenvalue weighted by molar-refractivity contribution is 7.91. The summed E-state index contributed by atoms with van der Waals surface area (Å²) in [5.41, 5.74) is 6.78. The molecular formula is C38H50N4O8S. The Morgan fingerprint density at radius 2 is 1.82 bits per heavy atom. The molecular weight excluding hydrogens is 673 g/mol. The minimum atomic E-state index is -3.90. The van der Waals surface area contributed by atoms with Gasteiger partial charge in [-0.2, -0.15) is 0 Å². The van der Waals surface area contributed by atoms with E-state index in [4.69, 9.17) is 24.9 Å². The maximum absolute atomic E-state index is 14.4. The summed E-state index contributed by atoms with van der Waals surface area (Å²) in [5.74, 6) is 0.116. The molecule has 3 saturated carbocycles. The number of methoxy groups -OCH3 is 1. The van der Waals surface area contributed by atoms with E-state index in [1.165, 1.54) is 4.90 Å². The molecule has 7 rings (SSSR count). The van der Waals surface area contributed by atoms with Gasteiger partial charge in [0.1, 0.15) is 23.7 Å². The smallest absolute Gasteiger partial charge is 0.240 e. The van der Waals surface area contributed by atoms with E-state index >= 15 is 0 Å². The number of hydrogen-bond donors (Lipinski definition) is 2. The Balaban J connectivity index is 1.18. The number of sulfonamides is 1. The molecule has 0 radical (unpaired) electrons. The Morgan fingerprint density at radius 3 is 2.53 bits per heavy atom. The number of amides is 2. The van der Waals surface area contributed by atoms with Crippen molar-refractivity contribution < 1.29 is 37.0 Å². The van der Waals surface area contributed by atoms with Crippen LogP contribution >= 0.6 is 0 Å². The summed E-state index contributed by atoms with van der Waals surface area (Å²) >= 11 is 0. The average Bonchev–Trinajstić information content (AvgIpc) is 3.96. The number of ether oxygens (including phenoxy) is 3. The van der Waals surface area contributed by atoms with Gasteiger partial charge < -0.3 is 24.8 Å². The van der Waals surface area contributed by atoms with Gasteiger partial charge in [0.2, 0.25) is 27.7 Å². The number of allylic oxidation sites excluding steroid dienone is 2. The number of carbonyl (C=O) groups excluding carboxylic acids is 3. The number of hydrogen-bond acceptors (Lipinski definition) is 10. The average molecular weight is 723 g/mol. The lowest BCUT2D eigenvalue weighted by atomic mass is 9.91. The molecule has 1 saturated heterocycles. The summed E-state index contributed by atoms with van der Waals surface area (Å²) in [5, 5.41) is 0.752. The summed E-state index contributed by atoms with van der Waals surface area (Å²) in [6.07, 6.45) is 11.7. The van der Waals surface area contributed by atoms with Crippen LogP contribution in [0, 0.1) is 18.3 Å². The van der Waals surface area contributed by atoms with Gasteiger partial charge in [0.05, 0.1) is 41.4 Å². The maximum atomic E-state index is 14.4. The molecule has 0 spiro atoms. The van der Waals surface area contributed by atoms with Crippen molar-refractivity contribution in [3.63, 3.8) is 0 Å². The zero-order chi connectivity index (χ0) is 36.1. The Labute approximate surface area is 299 Å². The summed E-state index contributed by atoms with van der Waals surface area (Å²) < 4.78 is 46.0. The number of fused-ring (bicyclic) bond motifs is 3. The monoisotopic (exact) mass is 722 g/mol. The van der Waals surface area contributed by atoms with E-state index in [0.717, 1.165) is 55.9 Å². The molecule has 51 heavy (non-hydrogen) atoms. The highest BCUT2D eigenvalue weighted by atomic mass is 32.2. The number of nitrogens with zero attached hydrogens (tertiary/aromatic N) is 2. The van der Waals surface area contributed by atoms with Gasteiger partial charge in [-0.25, -0.2) is 13.4 Å². The van der Waals surface area contributed by atoms with E-state index in [9.17, 15) is 22.8 Å². The highest BCUT2D eigenvalue weighted by Gasteiger charge is 2.62. The van der Waals surface area contributed by atoms with Gasteiger partial charge in [-0.1, -0.05) is 25.0 Å². The highest BCUT2D eigenvalue weighted by Crippen LogP contribution is 2.57. The minimum absolute atomic E-state index is 0.0878. The maximum Gasteiger partial charge on any atom is 0.240 e. The van der Waals surface area contributed by atoms with Crippen molar-refractivity contribution in [2.75, 3.05) is 13.7 Å². The minimum Gasteiger partial charge on any atom is -0.496 e. The number of nitrogens with two attached hydrogens (primary N) is 1. The summed E-state index contributed by atoms with van der Waals surface area (Å²) in [6.45, 7) is 3.69. The predicted molar refractivity (Wildman–Crippen MR) is 191 cm³/mol. The number of pyridine rings is 1. The lowest BCUT2D eigenvalue weighted by Gasteiger charge is -2.27. The molecule has 2 amide bonds. The fourth-order valence-electron chi connectivity index (χ4n) is 7.76. The van der Waals surface area contributed by atoms with Crippen molar-refractivity contribution in [1.29, 1.82) is 0 Å². The molecule has 2 aromatic rings. The van der Waals surface area contributed by atoms with Crippen molar-refractivity contribution in [3.8, 4) is 17.4 Å². The molecule has 3 N–H and O–H groups in total. The van der Waals surface area contributed by atoms with Crippen LogP contribution in [0.25, 0.3) is 10.9 Å². The van der Waals surface area contributed by atoms with E-state index in [1.807, 2.05) is 31.2 Å². The molecule has 2 aliphatic heterocycles. The zero-order valence-electron chi connectivity index (χ0n) is 29.8. The van der Waals surface area contributed by atoms with Gasteiger partial charge in [0.25, 0.3) is 0 Å². The van der Waals surface area contributed by atoms with E-state index < -0.39 is 44.3 Å². The third-order valence-corrected chi connectivity index (χ3v) is 14.0. The molecule has 1 aromatic heterocycles. The first-order valence-corrected chi connectivity index (χ1v) is 20.0. The van der Waals surface area contributed by atoms with E-state index in [1.54, 1.807) is 20.1 Å². The van der Waals surface area contributed by atoms with Crippen molar-refractivity contribution in [2.24, 2.45) is 17.1 Å². The quantitative estimate of drug-likeness (QED) is 0.367. The van der Waals surface area contributed by atoms with Crippen molar-refractivity contribution >= 4 is 38.5 Å². The first-order chi connectivity index (χ1) is 24.3. The molecule has 3 heterocycles. The number of benzene rings is 1. The summed E-state index contributed by atoms with van der Waals surface area (Å²) in [6, 6.07) is 3.86. The largest absolute Gasteiger partial charge is 0.496 e. The summed E-state index contributed by atoms with van der Waals surface area (Å²) in [7, 11) is -2.29. The number of Topliss-reactive ketones (excluding diaryl/α,β-unsaturated/α-hetero) is 1. The number of carbonyl (C=O) groups is 3. The van der Waals surface area contributed by atoms with Crippen LogP contribution in [0.3, 0.4) is 0 Å². The lowest BCUT2D eigenvalue weighted by molar-refractivity contribution is -0.140. The third kappa shape index (κ3) is 6.95. The first kappa shape index (κ1) is 35.7. The van der Waals surface area contributed by atoms with Crippen LogP contribution in [0.1, 0.15) is 96.0 Å². The molecule has 3 aliphatic carbocycles. The van der Waals surface area contributed by atoms with Crippen LogP contribution in [0.2, 0.25) is 0 Å². The second-order valence-electron chi connectivity index (χ2n) is 15.6. The lowest BCUT2D eigenvalue weighted by Crippen LogP contribution is -2.50. The molecule has 5 atom stereocenters. The predicted octanol–water partition coefficient (Wildman–Crippen LogP) is 4.64. The SMILES string of the molecule is COc1ccc2c(O[C@@H]3C[C@H]4C(=O)C[C@]5(C(=O)NS(=O)(=O)C6(C)CC6)C[C@@H]5/C=C\CCCCC[C@H](N)C(=O)N4C3)cc(OC3CCC3)nc2c1C. The number of nitrogens with one attached hydrogen (secondary N) is 1. The van der Waals surface area contributed by atoms with Gasteiger partial charge in [-0.05, 0) is 89.7 Å². The van der Waals surface area contributed by atoms with Gasteiger partial charge in [0.15, 0.2) is 5.78 Å². The molecule has 4 fully saturated rings. The van der Waals surface area contributed by atoms with Gasteiger partial charge in [0, 0.05) is 29.9 Å². The first-order valence-electron chi connectivity index (χ1n) is 18.5. The number of aryl methyl sites for hydroxylation is 1. The second-order valence-corrected chi connectivity index (χ2v) is 17.8. The molecule has 12 nitrogen and oxygen atoms in total. The number of ketones is 1. The Bertz CT molecular complexity index is 1860. The Kier molecular flexibility index (Phi) is 9.58. The molecule has 5 aliphatic rings. The van der Waals surface area contributed by atoms with Gasteiger partial charge in [-0.15, -0.1) is 0 Å². The van der Waals surface area contributed by atoms with Crippen LogP contribution < -0.4 is 24.7 Å². The topological polar surface area (TPSA) is 167 Å². The fraction of sp³-hybridized carbons (Fsp3) is 0.632. The summed E-state index contributed by atoms with van der Waals surface area (Å²) in [4.78, 5) is 48.4. The van der Waals surface area contributed by atoms with Gasteiger partial charge >= 0.3 is 0 Å². The van der Waals surface area contributed by atoms with Crippen LogP contribution in [0.4, 0.5) is 0 Å².